The van der Waals surface area contributed by atoms with Crippen molar-refractivity contribution in [3.63, 3.8) is 0 Å². The van der Waals surface area contributed by atoms with Gasteiger partial charge in [0.25, 0.3) is 0 Å². The highest BCUT2D eigenvalue weighted by molar-refractivity contribution is 5.83. The molecule has 8 heterocycles. The average molecular weight is 1380 g/mol. The number of amides is 8. The zero-order valence-corrected chi connectivity index (χ0v) is 67.5. The minimum absolute atomic E-state index is 0.129. The van der Waals surface area contributed by atoms with Gasteiger partial charge in [-0.2, -0.15) is 0 Å². The van der Waals surface area contributed by atoms with Crippen LogP contribution in [0.1, 0.15) is 370 Å². The maximum Gasteiger partial charge on any atom is 0.225 e. The molecule has 8 aliphatic heterocycles. The van der Waals surface area contributed by atoms with E-state index in [2.05, 4.69) is 158 Å². The normalized spacial score (nSPS) is 22.4. The first-order valence-electron chi connectivity index (χ1n) is 41.1. The van der Waals surface area contributed by atoms with Gasteiger partial charge in [0.1, 0.15) is 0 Å². The molecule has 0 aromatic heterocycles. The largest absolute Gasteiger partial charge is 0.340 e. The van der Waals surface area contributed by atoms with Crippen molar-refractivity contribution in [2.75, 3.05) is 45.8 Å². The molecule has 8 saturated heterocycles. The summed E-state index contributed by atoms with van der Waals surface area (Å²) in [5.74, 6) is 3.88. The fourth-order valence-electron chi connectivity index (χ4n) is 14.5. The number of piperidine rings is 1. The Bertz CT molecular complexity index is 2230. The third kappa shape index (κ3) is 32.0. The van der Waals surface area contributed by atoms with Gasteiger partial charge in [0.05, 0.1) is 0 Å². The molecule has 0 bridgehead atoms. The molecule has 0 aromatic rings. The third-order valence-electron chi connectivity index (χ3n) is 23.2. The predicted molar refractivity (Wildman–Crippen MR) is 409 cm³/mol. The molecule has 0 aromatic carbocycles. The fourth-order valence-corrected chi connectivity index (χ4v) is 14.5. The Hall–Kier alpha value is -4.24. The van der Waals surface area contributed by atoms with E-state index >= 15 is 0 Å². The Balaban J connectivity index is 0.000000562. The lowest BCUT2D eigenvalue weighted by Gasteiger charge is -2.38. The van der Waals surface area contributed by atoms with Crippen LogP contribution < -0.4 is 0 Å². The zero-order valence-electron chi connectivity index (χ0n) is 67.5. The zero-order chi connectivity index (χ0) is 73.9. The Morgan fingerprint density at radius 1 is 0.357 bits per heavy atom. The number of nitrogens with zero attached hydrogens (tertiary/aromatic N) is 8. The number of carbonyl (C=O) groups is 8. The van der Waals surface area contributed by atoms with Crippen LogP contribution >= 0.6 is 0 Å². The Morgan fingerprint density at radius 2 is 0.755 bits per heavy atom. The van der Waals surface area contributed by atoms with Crippen LogP contribution in [0.15, 0.2) is 0 Å². The van der Waals surface area contributed by atoms with E-state index in [1.165, 1.54) is 83.5 Å². The Morgan fingerprint density at radius 3 is 1.16 bits per heavy atom. The summed E-state index contributed by atoms with van der Waals surface area (Å²) in [6.07, 6.45) is 38.6. The summed E-state index contributed by atoms with van der Waals surface area (Å²) in [4.78, 5) is 108. The number of carbonyl (C=O) groups excluding carboxylic acids is 8. The van der Waals surface area contributed by atoms with Gasteiger partial charge in [-0.3, -0.25) is 38.4 Å². The molecule has 8 fully saturated rings. The van der Waals surface area contributed by atoms with E-state index in [-0.39, 0.29) is 5.54 Å². The topological polar surface area (TPSA) is 162 Å². The number of hydrogen-bond acceptors (Lipinski definition) is 8. The highest BCUT2D eigenvalue weighted by atomic mass is 16.2. The molecule has 0 N–H and O–H groups in total. The van der Waals surface area contributed by atoms with Crippen LogP contribution in [0.3, 0.4) is 0 Å². The summed E-state index contributed by atoms with van der Waals surface area (Å²) < 4.78 is 0. The molecule has 11 atom stereocenters. The van der Waals surface area contributed by atoms with E-state index in [0.717, 1.165) is 193 Å². The summed E-state index contributed by atoms with van der Waals surface area (Å²) in [5.41, 5.74) is 0.129. The Labute approximate surface area is 603 Å². The molecular formula is C82H156N8O8. The lowest BCUT2D eigenvalue weighted by molar-refractivity contribution is -0.142. The first-order valence-corrected chi connectivity index (χ1v) is 41.1. The molecular weight excluding hydrogens is 1220 g/mol. The highest BCUT2D eigenvalue weighted by Gasteiger charge is 2.37. The number of rotatable bonds is 28. The monoisotopic (exact) mass is 1380 g/mol. The van der Waals surface area contributed by atoms with Gasteiger partial charge < -0.3 is 39.2 Å². The van der Waals surface area contributed by atoms with Gasteiger partial charge in [0.15, 0.2) is 0 Å². The minimum atomic E-state index is 0.129. The van der Waals surface area contributed by atoms with Crippen molar-refractivity contribution >= 4 is 47.3 Å². The Kier molecular flexibility index (Phi) is 48.5. The summed E-state index contributed by atoms with van der Waals surface area (Å²) in [5, 5.41) is 0. The molecule has 8 rings (SSSR count). The van der Waals surface area contributed by atoms with Crippen molar-refractivity contribution in [2.45, 2.75) is 423 Å². The van der Waals surface area contributed by atoms with Crippen LogP contribution in [-0.4, -0.2) is 186 Å². The first-order chi connectivity index (χ1) is 46.7. The average Bonchev–Trinajstić information content (AvgIpc) is 1.63. The van der Waals surface area contributed by atoms with Gasteiger partial charge in [-0.15, -0.1) is 0 Å². The van der Waals surface area contributed by atoms with Crippen LogP contribution in [0.25, 0.3) is 0 Å². The van der Waals surface area contributed by atoms with Gasteiger partial charge in [-0.05, 0) is 190 Å². The molecule has 572 valence electrons. The van der Waals surface area contributed by atoms with Crippen LogP contribution in [0.5, 0.6) is 0 Å². The number of likely N-dealkylation sites (tertiary alicyclic amines) is 8. The molecule has 16 nitrogen and oxygen atoms in total. The van der Waals surface area contributed by atoms with Gasteiger partial charge in [0, 0.05) is 151 Å². The summed E-state index contributed by atoms with van der Waals surface area (Å²) in [6.45, 7) is 50.2. The maximum atomic E-state index is 11.9. The van der Waals surface area contributed by atoms with E-state index in [0.29, 0.717) is 107 Å². The molecule has 11 unspecified atom stereocenters. The van der Waals surface area contributed by atoms with Crippen molar-refractivity contribution in [3.05, 3.63) is 0 Å². The highest BCUT2D eigenvalue weighted by Crippen LogP contribution is 2.31. The van der Waals surface area contributed by atoms with Crippen molar-refractivity contribution in [2.24, 2.45) is 11.8 Å². The summed E-state index contributed by atoms with van der Waals surface area (Å²) in [7, 11) is 0. The smallest absolute Gasteiger partial charge is 0.225 e. The first kappa shape index (κ1) is 91.8. The van der Waals surface area contributed by atoms with Gasteiger partial charge in [-0.1, -0.05) is 141 Å². The van der Waals surface area contributed by atoms with Crippen LogP contribution in [0, 0.1) is 11.8 Å². The minimum Gasteiger partial charge on any atom is -0.340 e. The predicted octanol–water partition coefficient (Wildman–Crippen LogP) is 18.0. The van der Waals surface area contributed by atoms with E-state index in [1.54, 1.807) is 0 Å². The van der Waals surface area contributed by atoms with Gasteiger partial charge >= 0.3 is 0 Å². The van der Waals surface area contributed by atoms with Crippen LogP contribution in [-0.2, 0) is 38.4 Å². The van der Waals surface area contributed by atoms with Crippen molar-refractivity contribution < 1.29 is 38.4 Å². The quantitative estimate of drug-likeness (QED) is 0.0699. The summed E-state index contributed by atoms with van der Waals surface area (Å²) >= 11 is 0. The lowest BCUT2D eigenvalue weighted by Crippen LogP contribution is -2.48. The number of β-lactam (4-membered cyclic amide) rings is 1. The second-order valence-electron chi connectivity index (χ2n) is 30.5. The van der Waals surface area contributed by atoms with Gasteiger partial charge in [0.2, 0.25) is 47.3 Å². The maximum absolute atomic E-state index is 11.9. The van der Waals surface area contributed by atoms with Crippen LogP contribution in [0.2, 0.25) is 0 Å². The molecule has 98 heavy (non-hydrogen) atoms. The molecule has 0 saturated carbocycles. The standard InChI is InChI=1S/4C12H23NO.C10H19NO.C9H17NO.C8H15NO.C7H13NO/c1-4-5-7-10(2)11(3)13-9-6-8-12(13)14;1-4-6-9-12(3,5-2)13-10-7-8-11(13)14;1-4-6-7-11-8-9-13(12(11)14)10(3)5-2;1-4-6-7-11-8-9-12(14)13(11)10(3)5-2;1-3-9(2)11-8-6-4-5-7-10(11)12;1-3-8(2)10-7-5-4-6-9(10)11;1-3-7(2)9-6-4-5-8(9)10;1-3-6(2)8-5-4-7(8)9/h10-11H,4-9H2,1-3H3;4-10H2,1-3H3;2*10-11H,4-9H2,1-3H3;9H,3-8H2,1-2H3;8H,3-7H2,1-2H3;7H,3-6H2,1-2H3;6H,3-5H2,1-2H3. The SMILES string of the molecule is CCC(C)N1CCC1=O.CCC(C)N1CCCC1=O.CCC(C)N1CCCCC1=O.CCC(C)N1CCCCCC1=O.CCCCC(C)(CC)N1CCCC1=O.CCCCC(C)C(C)N1CCCC1=O.CCCCC1CCC(=O)N1C(C)CC.CCCCC1CCN(C(C)CC)C1=O. The molecule has 0 aliphatic carbocycles. The van der Waals surface area contributed by atoms with Crippen molar-refractivity contribution in [1.82, 2.24) is 39.2 Å². The molecule has 8 aliphatic rings. The summed E-state index contributed by atoms with van der Waals surface area (Å²) in [6, 6.07) is 3.66. The van der Waals surface area contributed by atoms with E-state index in [4.69, 9.17) is 0 Å². The second-order valence-corrected chi connectivity index (χ2v) is 30.5. The third-order valence-corrected chi connectivity index (χ3v) is 23.2. The van der Waals surface area contributed by atoms with Gasteiger partial charge in [-0.25, -0.2) is 0 Å². The van der Waals surface area contributed by atoms with Crippen molar-refractivity contribution in [3.8, 4) is 0 Å². The van der Waals surface area contributed by atoms with Crippen molar-refractivity contribution in [1.29, 1.82) is 0 Å². The molecule has 0 radical (unpaired) electrons. The molecule has 8 amide bonds. The molecule has 16 heteroatoms. The lowest BCUT2D eigenvalue weighted by atomic mass is 9.90. The second kappa shape index (κ2) is 51.8. The number of unbranched alkanes of at least 4 members (excludes halogenated alkanes) is 4. The van der Waals surface area contributed by atoms with E-state index in [9.17, 15) is 38.4 Å². The van der Waals surface area contributed by atoms with Crippen LogP contribution in [0.4, 0.5) is 0 Å². The van der Waals surface area contributed by atoms with E-state index < -0.39 is 0 Å². The number of hydrogen-bond donors (Lipinski definition) is 0. The molecule has 0 spiro atoms. The van der Waals surface area contributed by atoms with E-state index in [1.807, 2.05) is 19.6 Å². The fraction of sp³-hybridized carbons (Fsp3) is 0.902.